The molecule has 0 spiro atoms. The van der Waals surface area contributed by atoms with E-state index >= 15 is 0 Å². The lowest BCUT2D eigenvalue weighted by molar-refractivity contribution is -0.124. The maximum absolute atomic E-state index is 13.0. The molecule has 2 heterocycles. The largest absolute Gasteiger partial charge is 0.350 e. The Morgan fingerprint density at radius 2 is 1.84 bits per heavy atom. The Morgan fingerprint density at radius 1 is 1.16 bits per heavy atom. The van der Waals surface area contributed by atoms with E-state index in [0.29, 0.717) is 30.5 Å². The Bertz CT molecular complexity index is 1300. The van der Waals surface area contributed by atoms with Crippen molar-refractivity contribution in [2.75, 3.05) is 20.6 Å². The van der Waals surface area contributed by atoms with Crippen molar-refractivity contribution in [3.63, 3.8) is 0 Å². The topological polar surface area (TPSA) is 116 Å². The fraction of sp³-hybridized carbons (Fsp3) is 0.333. The third-order valence-electron chi connectivity index (χ3n) is 5.62. The number of hydrogen-bond acceptors (Lipinski definition) is 6. The van der Waals surface area contributed by atoms with Gasteiger partial charge in [0, 0.05) is 32.7 Å². The van der Waals surface area contributed by atoms with Gasteiger partial charge in [-0.15, -0.1) is 4.40 Å². The zero-order valence-electron chi connectivity index (χ0n) is 17.7. The summed E-state index contributed by atoms with van der Waals surface area (Å²) in [7, 11) is -4.54. The average Bonchev–Trinajstić information content (AvgIpc) is 3.35. The van der Waals surface area contributed by atoms with Gasteiger partial charge in [0.05, 0.1) is 4.90 Å². The molecule has 0 radical (unpaired) electrons. The Hall–Kier alpha value is -2.76. The van der Waals surface area contributed by atoms with Crippen LogP contribution in [0.5, 0.6) is 0 Å². The quantitative estimate of drug-likeness (QED) is 0.693. The van der Waals surface area contributed by atoms with E-state index < -0.39 is 26.1 Å². The number of carbonyl (C=O) groups is 1. The van der Waals surface area contributed by atoms with Gasteiger partial charge in [0.2, 0.25) is 15.9 Å². The molecule has 11 heteroatoms. The van der Waals surface area contributed by atoms with Crippen molar-refractivity contribution in [3.05, 3.63) is 59.7 Å². The van der Waals surface area contributed by atoms with Crippen molar-refractivity contribution >= 4 is 31.8 Å². The van der Waals surface area contributed by atoms with E-state index in [2.05, 4.69) is 9.71 Å². The highest BCUT2D eigenvalue weighted by Crippen LogP contribution is 2.31. The van der Waals surface area contributed by atoms with Crippen LogP contribution in [-0.4, -0.2) is 64.5 Å². The van der Waals surface area contributed by atoms with Crippen molar-refractivity contribution < 1.29 is 21.6 Å². The molecule has 32 heavy (non-hydrogen) atoms. The van der Waals surface area contributed by atoms with Crippen LogP contribution in [0.25, 0.3) is 0 Å². The van der Waals surface area contributed by atoms with Gasteiger partial charge >= 0.3 is 0 Å². The second kappa shape index (κ2) is 8.30. The van der Waals surface area contributed by atoms with Gasteiger partial charge in [-0.25, -0.2) is 12.7 Å². The first-order valence-corrected chi connectivity index (χ1v) is 13.0. The van der Waals surface area contributed by atoms with E-state index in [0.717, 1.165) is 4.31 Å². The zero-order valence-corrected chi connectivity index (χ0v) is 19.4. The van der Waals surface area contributed by atoms with Gasteiger partial charge in [0.25, 0.3) is 10.0 Å². The Morgan fingerprint density at radius 3 is 2.59 bits per heavy atom. The van der Waals surface area contributed by atoms with Gasteiger partial charge in [-0.2, -0.15) is 8.42 Å². The monoisotopic (exact) mass is 476 g/mol. The summed E-state index contributed by atoms with van der Waals surface area (Å²) >= 11 is 0. The van der Waals surface area contributed by atoms with E-state index in [-0.39, 0.29) is 28.1 Å². The highest BCUT2D eigenvalue weighted by Gasteiger charge is 2.39. The van der Waals surface area contributed by atoms with Crippen molar-refractivity contribution in [3.8, 4) is 0 Å². The van der Waals surface area contributed by atoms with Crippen molar-refractivity contribution in [2.24, 2.45) is 4.40 Å². The van der Waals surface area contributed by atoms with Crippen LogP contribution in [0, 0.1) is 0 Å². The molecule has 4 rings (SSSR count). The number of carbonyl (C=O) groups excluding carboxylic acids is 1. The van der Waals surface area contributed by atoms with Crippen LogP contribution in [0.4, 0.5) is 0 Å². The van der Waals surface area contributed by atoms with E-state index in [1.54, 1.807) is 41.3 Å². The molecule has 2 aliphatic rings. The molecule has 2 aromatic rings. The Kier molecular flexibility index (Phi) is 5.82. The lowest BCUT2D eigenvalue weighted by Gasteiger charge is -2.26. The minimum absolute atomic E-state index is 0.0355. The fourth-order valence-electron chi connectivity index (χ4n) is 3.99. The molecule has 0 unspecified atom stereocenters. The normalized spacial score (nSPS) is 19.7. The van der Waals surface area contributed by atoms with Gasteiger partial charge < -0.3 is 10.2 Å². The summed E-state index contributed by atoms with van der Waals surface area (Å²) in [4.78, 5) is 15.0. The Labute approximate surface area is 187 Å². The lowest BCUT2D eigenvalue weighted by Crippen LogP contribution is -2.45. The maximum atomic E-state index is 13.0. The van der Waals surface area contributed by atoms with Crippen LogP contribution in [-0.2, 0) is 31.4 Å². The average molecular weight is 477 g/mol. The molecule has 2 aliphatic heterocycles. The van der Waals surface area contributed by atoms with Crippen LogP contribution in [0.2, 0.25) is 0 Å². The van der Waals surface area contributed by atoms with Gasteiger partial charge in [-0.05, 0) is 36.6 Å². The molecule has 2 aromatic carbocycles. The standard InChI is InChI=1S/C21H24N4O5S2/c1-24(2)32(29,30)18-11-5-3-8-15(18)14-22-21(26)17-10-7-13-25(17)20-16-9-4-6-12-19(16)31(27,28)23-20/h3-6,8-9,11-12,17H,7,10,13-14H2,1-2H3,(H,22,26)/t17-/m0/s1. The molecule has 0 bridgehead atoms. The van der Waals surface area contributed by atoms with Crippen LogP contribution in [0.3, 0.4) is 0 Å². The van der Waals surface area contributed by atoms with Gasteiger partial charge in [-0.3, -0.25) is 4.79 Å². The summed E-state index contributed by atoms with van der Waals surface area (Å²) in [5, 5.41) is 2.82. The van der Waals surface area contributed by atoms with Gasteiger partial charge in [0.15, 0.2) is 5.84 Å². The maximum Gasteiger partial charge on any atom is 0.285 e. The van der Waals surface area contributed by atoms with Crippen molar-refractivity contribution in [1.82, 2.24) is 14.5 Å². The van der Waals surface area contributed by atoms with Crippen molar-refractivity contribution in [2.45, 2.75) is 35.2 Å². The predicted octanol–water partition coefficient (Wildman–Crippen LogP) is 1.17. The first-order valence-electron chi connectivity index (χ1n) is 10.1. The van der Waals surface area contributed by atoms with Crippen molar-refractivity contribution in [1.29, 1.82) is 0 Å². The number of fused-ring (bicyclic) bond motifs is 1. The molecular weight excluding hydrogens is 452 g/mol. The van der Waals surface area contributed by atoms with Crippen LogP contribution < -0.4 is 5.32 Å². The number of nitrogens with zero attached hydrogens (tertiary/aromatic N) is 3. The minimum Gasteiger partial charge on any atom is -0.350 e. The van der Waals surface area contributed by atoms with E-state index in [1.165, 1.54) is 26.2 Å². The number of benzene rings is 2. The molecule has 0 aromatic heterocycles. The fourth-order valence-corrected chi connectivity index (χ4v) is 6.32. The summed E-state index contributed by atoms with van der Waals surface area (Å²) in [5.74, 6) is -0.0159. The second-order valence-corrected chi connectivity index (χ2v) is 11.5. The van der Waals surface area contributed by atoms with Crippen LogP contribution >= 0.6 is 0 Å². The summed E-state index contributed by atoms with van der Waals surface area (Å²) in [6.07, 6.45) is 1.26. The molecule has 1 N–H and O–H groups in total. The molecule has 1 amide bonds. The number of amides is 1. The zero-order chi connectivity index (χ0) is 23.1. The number of hydrogen-bond donors (Lipinski definition) is 1. The molecule has 170 valence electrons. The molecule has 0 aliphatic carbocycles. The summed E-state index contributed by atoms with van der Waals surface area (Å²) < 4.78 is 55.1. The van der Waals surface area contributed by atoms with Crippen LogP contribution in [0.1, 0.15) is 24.0 Å². The number of likely N-dealkylation sites (tertiary alicyclic amines) is 1. The van der Waals surface area contributed by atoms with Gasteiger partial charge in [-0.1, -0.05) is 30.3 Å². The second-order valence-electron chi connectivity index (χ2n) is 7.85. The highest BCUT2D eigenvalue weighted by molar-refractivity contribution is 7.90. The molecule has 1 fully saturated rings. The first-order chi connectivity index (χ1) is 15.1. The minimum atomic E-state index is -3.78. The molecular formula is C21H24N4O5S2. The van der Waals surface area contributed by atoms with Gasteiger partial charge in [0.1, 0.15) is 10.9 Å². The van der Waals surface area contributed by atoms with E-state index in [1.807, 2.05) is 0 Å². The summed E-state index contributed by atoms with van der Waals surface area (Å²) in [6, 6.07) is 12.5. The third kappa shape index (κ3) is 3.91. The van der Waals surface area contributed by atoms with E-state index in [9.17, 15) is 21.6 Å². The predicted molar refractivity (Wildman–Crippen MR) is 119 cm³/mol. The molecule has 0 saturated carbocycles. The SMILES string of the molecule is CN(C)S(=O)(=O)c1ccccc1CNC(=O)[C@@H]1CCCN1C1=NS(=O)(=O)c2ccccc21. The number of amidine groups is 1. The molecule has 9 nitrogen and oxygen atoms in total. The van der Waals surface area contributed by atoms with E-state index in [4.69, 9.17) is 0 Å². The smallest absolute Gasteiger partial charge is 0.285 e. The summed E-state index contributed by atoms with van der Waals surface area (Å²) in [5.41, 5.74) is 0.972. The third-order valence-corrected chi connectivity index (χ3v) is 8.86. The Balaban J connectivity index is 1.55. The number of nitrogens with one attached hydrogen (secondary N) is 1. The molecule has 1 saturated heterocycles. The molecule has 1 atom stereocenters. The lowest BCUT2D eigenvalue weighted by atomic mass is 10.1. The number of sulfonamides is 2. The van der Waals surface area contributed by atoms with Crippen LogP contribution in [0.15, 0.2) is 62.7 Å². The first kappa shape index (κ1) is 22.4. The summed E-state index contributed by atoms with van der Waals surface area (Å²) in [6.45, 7) is 0.542. The highest BCUT2D eigenvalue weighted by atomic mass is 32.2. The number of rotatable bonds is 5.